The molecule has 0 bridgehead atoms. The minimum Gasteiger partial charge on any atom is -0.465 e. The number of aromatic nitrogens is 1. The number of hydrogen-bond donors (Lipinski definition) is 1. The summed E-state index contributed by atoms with van der Waals surface area (Å²) in [6, 6.07) is 6.64. The molecule has 0 atom stereocenters. The molecule has 0 aliphatic rings. The third-order valence-electron chi connectivity index (χ3n) is 2.34. The van der Waals surface area contributed by atoms with Gasteiger partial charge in [-0.15, -0.1) is 13.2 Å². The van der Waals surface area contributed by atoms with Crippen LogP contribution in [0.25, 0.3) is 0 Å². The number of anilines is 1. The molecular formula is C13H11F3N2O4. The van der Waals surface area contributed by atoms with E-state index in [0.717, 1.165) is 6.07 Å². The molecule has 1 heterocycles. The van der Waals surface area contributed by atoms with Gasteiger partial charge in [0.25, 0.3) is 11.8 Å². The summed E-state index contributed by atoms with van der Waals surface area (Å²) in [5.41, 5.74) is -0.121. The summed E-state index contributed by atoms with van der Waals surface area (Å²) < 4.78 is 50.3. The molecule has 0 aliphatic heterocycles. The van der Waals surface area contributed by atoms with E-state index in [1.54, 1.807) is 6.92 Å². The molecule has 1 N–H and O–H groups in total. The van der Waals surface area contributed by atoms with Gasteiger partial charge in [-0.1, -0.05) is 12.1 Å². The van der Waals surface area contributed by atoms with Gasteiger partial charge in [0.05, 0.1) is 5.69 Å². The highest BCUT2D eigenvalue weighted by atomic mass is 19.4. The van der Waals surface area contributed by atoms with Crippen molar-refractivity contribution in [3.63, 3.8) is 0 Å². The number of carbonyl (C=O) groups excluding carboxylic acids is 1. The van der Waals surface area contributed by atoms with Crippen molar-refractivity contribution >= 4 is 11.6 Å². The van der Waals surface area contributed by atoms with Crippen LogP contribution in [0.1, 0.15) is 5.76 Å². The summed E-state index contributed by atoms with van der Waals surface area (Å²) in [7, 11) is 0. The number of carbonyl (C=O) groups is 1. The van der Waals surface area contributed by atoms with Crippen LogP contribution in [0.3, 0.4) is 0 Å². The van der Waals surface area contributed by atoms with Gasteiger partial charge in [0.1, 0.15) is 5.76 Å². The average Bonchev–Trinajstić information content (AvgIpc) is 2.83. The molecule has 2 aromatic rings. The van der Waals surface area contributed by atoms with Gasteiger partial charge in [-0.3, -0.25) is 4.79 Å². The first-order valence-electron chi connectivity index (χ1n) is 6.04. The van der Waals surface area contributed by atoms with E-state index in [0.29, 0.717) is 5.76 Å². The van der Waals surface area contributed by atoms with Crippen molar-refractivity contribution in [2.24, 2.45) is 0 Å². The minimum absolute atomic E-state index is 0.104. The molecule has 1 aromatic carbocycles. The van der Waals surface area contributed by atoms with Gasteiger partial charge in [0, 0.05) is 6.07 Å². The lowest BCUT2D eigenvalue weighted by atomic mass is 10.3. The maximum Gasteiger partial charge on any atom is 0.573 e. The molecule has 0 spiro atoms. The lowest BCUT2D eigenvalue weighted by Crippen LogP contribution is -2.22. The van der Waals surface area contributed by atoms with Crippen molar-refractivity contribution in [2.45, 2.75) is 13.3 Å². The number of aryl methyl sites for hydroxylation is 1. The van der Waals surface area contributed by atoms with Crippen LogP contribution in [0.2, 0.25) is 0 Å². The molecule has 22 heavy (non-hydrogen) atoms. The first-order chi connectivity index (χ1) is 10.3. The van der Waals surface area contributed by atoms with Crippen LogP contribution in [-0.4, -0.2) is 24.0 Å². The van der Waals surface area contributed by atoms with Crippen molar-refractivity contribution < 1.29 is 32.0 Å². The van der Waals surface area contributed by atoms with Gasteiger partial charge in [0.15, 0.2) is 12.4 Å². The van der Waals surface area contributed by atoms with E-state index in [1.165, 1.54) is 24.3 Å². The number of hydrogen-bond acceptors (Lipinski definition) is 5. The lowest BCUT2D eigenvalue weighted by molar-refractivity contribution is -0.274. The van der Waals surface area contributed by atoms with E-state index in [-0.39, 0.29) is 11.6 Å². The Balaban J connectivity index is 1.96. The van der Waals surface area contributed by atoms with Crippen molar-refractivity contribution in [1.29, 1.82) is 0 Å². The monoisotopic (exact) mass is 316 g/mol. The number of alkyl halides is 3. The van der Waals surface area contributed by atoms with Crippen LogP contribution in [0.15, 0.2) is 34.9 Å². The molecule has 0 unspecified atom stereocenters. The van der Waals surface area contributed by atoms with Crippen LogP contribution in [0, 0.1) is 6.92 Å². The summed E-state index contributed by atoms with van der Waals surface area (Å²) in [5, 5.41) is 5.77. The van der Waals surface area contributed by atoms with Gasteiger partial charge < -0.3 is 19.3 Å². The van der Waals surface area contributed by atoms with Gasteiger partial charge in [-0.05, 0) is 24.2 Å². The number of nitrogens with zero attached hydrogens (tertiary/aromatic N) is 1. The Kier molecular flexibility index (Phi) is 4.54. The number of ether oxygens (including phenoxy) is 2. The van der Waals surface area contributed by atoms with Crippen LogP contribution in [-0.2, 0) is 4.79 Å². The van der Waals surface area contributed by atoms with E-state index in [9.17, 15) is 18.0 Å². The Bertz CT molecular complexity index is 655. The first-order valence-corrected chi connectivity index (χ1v) is 6.04. The second-order valence-corrected chi connectivity index (χ2v) is 4.16. The van der Waals surface area contributed by atoms with Crippen LogP contribution in [0.4, 0.5) is 18.9 Å². The van der Waals surface area contributed by atoms with Crippen molar-refractivity contribution in [3.05, 3.63) is 36.1 Å². The highest BCUT2D eigenvalue weighted by Crippen LogP contribution is 2.29. The smallest absolute Gasteiger partial charge is 0.465 e. The number of rotatable bonds is 5. The van der Waals surface area contributed by atoms with Crippen molar-refractivity contribution in [1.82, 2.24) is 5.16 Å². The summed E-state index contributed by atoms with van der Waals surface area (Å²) in [6.07, 6.45) is -4.85. The summed E-state index contributed by atoms with van der Waals surface area (Å²) in [5.74, 6) is -0.577. The highest BCUT2D eigenvalue weighted by molar-refractivity contribution is 5.93. The number of benzene rings is 1. The SMILES string of the molecule is Cc1cc(OCC(=O)Nc2ccccc2OC(F)(F)F)no1. The average molecular weight is 316 g/mol. The van der Waals surface area contributed by atoms with E-state index in [1.807, 2.05) is 0 Å². The Morgan fingerprint density at radius 1 is 1.36 bits per heavy atom. The van der Waals surface area contributed by atoms with Crippen LogP contribution >= 0.6 is 0 Å². The van der Waals surface area contributed by atoms with Crippen molar-refractivity contribution in [3.8, 4) is 11.6 Å². The third kappa shape index (κ3) is 4.69. The van der Waals surface area contributed by atoms with E-state index in [4.69, 9.17) is 9.26 Å². The maximum atomic E-state index is 12.3. The normalized spacial score (nSPS) is 11.1. The highest BCUT2D eigenvalue weighted by Gasteiger charge is 2.32. The molecule has 9 heteroatoms. The molecule has 0 aliphatic carbocycles. The fourth-order valence-electron chi connectivity index (χ4n) is 1.52. The maximum absolute atomic E-state index is 12.3. The standard InChI is InChI=1S/C13H11F3N2O4/c1-8-6-12(18-22-8)20-7-11(19)17-9-4-2-3-5-10(9)21-13(14,15)16/h2-6H,7H2,1H3,(H,17,19). The largest absolute Gasteiger partial charge is 0.573 e. The number of halogens is 3. The van der Waals surface area contributed by atoms with Crippen LogP contribution < -0.4 is 14.8 Å². The molecule has 6 nitrogen and oxygen atoms in total. The second-order valence-electron chi connectivity index (χ2n) is 4.16. The molecule has 0 saturated carbocycles. The van der Waals surface area contributed by atoms with E-state index >= 15 is 0 Å². The third-order valence-corrected chi connectivity index (χ3v) is 2.34. The molecule has 0 saturated heterocycles. The molecule has 2 rings (SSSR count). The van der Waals surface area contributed by atoms with Gasteiger partial charge >= 0.3 is 6.36 Å². The Labute approximate surface area is 122 Å². The lowest BCUT2D eigenvalue weighted by Gasteiger charge is -2.13. The number of nitrogens with one attached hydrogen (secondary N) is 1. The molecule has 1 aromatic heterocycles. The zero-order valence-corrected chi connectivity index (χ0v) is 11.3. The quantitative estimate of drug-likeness (QED) is 0.918. The molecule has 0 radical (unpaired) electrons. The van der Waals surface area contributed by atoms with Gasteiger partial charge in [-0.25, -0.2) is 0 Å². The summed E-state index contributed by atoms with van der Waals surface area (Å²) in [4.78, 5) is 11.7. The predicted molar refractivity (Wildman–Crippen MR) is 68.5 cm³/mol. The number of amides is 1. The van der Waals surface area contributed by atoms with Gasteiger partial charge in [-0.2, -0.15) is 0 Å². The molecule has 1 amide bonds. The topological polar surface area (TPSA) is 73.6 Å². The fourth-order valence-corrected chi connectivity index (χ4v) is 1.52. The molecule has 0 fully saturated rings. The Morgan fingerprint density at radius 2 is 2.09 bits per heavy atom. The second kappa shape index (κ2) is 6.37. The Morgan fingerprint density at radius 3 is 2.73 bits per heavy atom. The molecule has 118 valence electrons. The van der Waals surface area contributed by atoms with E-state index in [2.05, 4.69) is 15.2 Å². The predicted octanol–water partition coefficient (Wildman–Crippen LogP) is 2.90. The Hall–Kier alpha value is -2.71. The number of para-hydroxylation sites is 2. The van der Waals surface area contributed by atoms with Crippen LogP contribution in [0.5, 0.6) is 11.6 Å². The zero-order chi connectivity index (χ0) is 16.2. The summed E-state index contributed by atoms with van der Waals surface area (Å²) >= 11 is 0. The minimum atomic E-state index is -4.85. The summed E-state index contributed by atoms with van der Waals surface area (Å²) in [6.45, 7) is 1.21. The fraction of sp³-hybridized carbons (Fsp3) is 0.231. The van der Waals surface area contributed by atoms with E-state index < -0.39 is 24.6 Å². The molecular weight excluding hydrogens is 305 g/mol. The van der Waals surface area contributed by atoms with Crippen molar-refractivity contribution in [2.75, 3.05) is 11.9 Å². The van der Waals surface area contributed by atoms with Gasteiger partial charge in [0.2, 0.25) is 0 Å². The zero-order valence-electron chi connectivity index (χ0n) is 11.3. The first kappa shape index (κ1) is 15.7.